The van der Waals surface area contributed by atoms with Gasteiger partial charge in [-0.2, -0.15) is 0 Å². The molecule has 0 aliphatic carbocycles. The van der Waals surface area contributed by atoms with Crippen LogP contribution in [0.15, 0.2) is 0 Å². The van der Waals surface area contributed by atoms with Crippen LogP contribution in [-0.2, 0) is 9.53 Å². The summed E-state index contributed by atoms with van der Waals surface area (Å²) in [7, 11) is 3.47. The smallest absolute Gasteiger partial charge is 0.261 e. The number of carbonyl (C=O) groups is 1. The molecule has 15 heavy (non-hydrogen) atoms. The maximum absolute atomic E-state index is 11.7. The zero-order valence-corrected chi connectivity index (χ0v) is 9.13. The van der Waals surface area contributed by atoms with Crippen LogP contribution in [0.4, 0.5) is 8.78 Å². The molecule has 0 spiro atoms. The highest BCUT2D eigenvalue weighted by atomic mass is 19.3. The maximum atomic E-state index is 11.7. The van der Waals surface area contributed by atoms with E-state index in [0.717, 1.165) is 0 Å². The molecule has 0 bridgehead atoms. The van der Waals surface area contributed by atoms with Crippen LogP contribution in [-0.4, -0.2) is 57.6 Å². The second-order valence-corrected chi connectivity index (χ2v) is 3.13. The predicted molar refractivity (Wildman–Crippen MR) is 53.0 cm³/mol. The number of rotatable bonds is 8. The minimum Gasteiger partial charge on any atom is -0.375 e. The largest absolute Gasteiger partial charge is 0.375 e. The van der Waals surface area contributed by atoms with Crippen molar-refractivity contribution in [1.82, 2.24) is 10.2 Å². The lowest BCUT2D eigenvalue weighted by Crippen LogP contribution is -2.33. The summed E-state index contributed by atoms with van der Waals surface area (Å²) in [4.78, 5) is 12.9. The van der Waals surface area contributed by atoms with E-state index in [1.165, 1.54) is 0 Å². The molecule has 0 atom stereocenters. The molecule has 0 unspecified atom stereocenters. The van der Waals surface area contributed by atoms with Crippen LogP contribution in [0.3, 0.4) is 0 Å². The Bertz CT molecular complexity index is 179. The van der Waals surface area contributed by atoms with Gasteiger partial charge >= 0.3 is 0 Å². The average molecular weight is 224 g/mol. The van der Waals surface area contributed by atoms with Crippen molar-refractivity contribution in [1.29, 1.82) is 0 Å². The summed E-state index contributed by atoms with van der Waals surface area (Å²) >= 11 is 0. The molecule has 0 aliphatic heterocycles. The molecule has 0 saturated heterocycles. The average Bonchev–Trinajstić information content (AvgIpc) is 2.20. The Kier molecular flexibility index (Phi) is 8.12. The summed E-state index contributed by atoms with van der Waals surface area (Å²) in [5, 5.41) is 2.91. The molecule has 0 radical (unpaired) electrons. The SMILES string of the molecule is CNCCN(C)C(=O)CCOCC(F)F. The van der Waals surface area contributed by atoms with Gasteiger partial charge in [0.15, 0.2) is 0 Å². The third kappa shape index (κ3) is 8.26. The highest BCUT2D eigenvalue weighted by Gasteiger charge is 2.08. The molecule has 0 aromatic carbocycles. The molecule has 0 rings (SSSR count). The molecule has 6 heteroatoms. The first-order valence-electron chi connectivity index (χ1n) is 4.82. The summed E-state index contributed by atoms with van der Waals surface area (Å²) in [6.45, 7) is 0.755. The quantitative estimate of drug-likeness (QED) is 0.604. The summed E-state index contributed by atoms with van der Waals surface area (Å²) in [5.41, 5.74) is 0. The van der Waals surface area contributed by atoms with Gasteiger partial charge in [-0.15, -0.1) is 0 Å². The first-order valence-corrected chi connectivity index (χ1v) is 4.82. The number of hydrogen-bond donors (Lipinski definition) is 1. The molecule has 0 aliphatic rings. The van der Waals surface area contributed by atoms with Gasteiger partial charge in [0.25, 0.3) is 6.43 Å². The fourth-order valence-electron chi connectivity index (χ4n) is 0.927. The van der Waals surface area contributed by atoms with E-state index < -0.39 is 13.0 Å². The molecule has 90 valence electrons. The van der Waals surface area contributed by atoms with Gasteiger partial charge in [-0.05, 0) is 7.05 Å². The van der Waals surface area contributed by atoms with E-state index in [-0.39, 0.29) is 18.9 Å². The second-order valence-electron chi connectivity index (χ2n) is 3.13. The van der Waals surface area contributed by atoms with Crippen molar-refractivity contribution in [2.75, 3.05) is 40.4 Å². The number of nitrogens with zero attached hydrogens (tertiary/aromatic N) is 1. The summed E-state index contributed by atoms with van der Waals surface area (Å²) < 4.78 is 27.9. The Morgan fingerprint density at radius 3 is 2.73 bits per heavy atom. The van der Waals surface area contributed by atoms with Gasteiger partial charge in [-0.1, -0.05) is 0 Å². The van der Waals surface area contributed by atoms with Crippen LogP contribution >= 0.6 is 0 Å². The fraction of sp³-hybridized carbons (Fsp3) is 0.889. The highest BCUT2D eigenvalue weighted by Crippen LogP contribution is 1.95. The molecule has 1 N–H and O–H groups in total. The van der Waals surface area contributed by atoms with Crippen molar-refractivity contribution in [2.45, 2.75) is 12.8 Å². The third-order valence-electron chi connectivity index (χ3n) is 1.83. The minimum atomic E-state index is -2.47. The van der Waals surface area contributed by atoms with E-state index in [0.29, 0.717) is 13.1 Å². The van der Waals surface area contributed by atoms with Crippen LogP contribution in [0.25, 0.3) is 0 Å². The summed E-state index contributed by atoms with van der Waals surface area (Å²) in [6, 6.07) is 0. The number of likely N-dealkylation sites (N-methyl/N-ethyl adjacent to an activating group) is 2. The Morgan fingerprint density at radius 2 is 2.20 bits per heavy atom. The van der Waals surface area contributed by atoms with Gasteiger partial charge in [0, 0.05) is 20.1 Å². The Balaban J connectivity index is 3.47. The lowest BCUT2D eigenvalue weighted by atomic mass is 10.4. The summed E-state index contributed by atoms with van der Waals surface area (Å²) in [6.07, 6.45) is -2.32. The van der Waals surface area contributed by atoms with Gasteiger partial charge < -0.3 is 15.0 Å². The predicted octanol–water partition coefficient (Wildman–Crippen LogP) is 0.336. The highest BCUT2D eigenvalue weighted by molar-refractivity contribution is 5.75. The van der Waals surface area contributed by atoms with Crippen LogP contribution in [0.5, 0.6) is 0 Å². The molecule has 4 nitrogen and oxygen atoms in total. The Hall–Kier alpha value is -0.750. The van der Waals surface area contributed by atoms with E-state index in [4.69, 9.17) is 0 Å². The molecule has 0 aromatic rings. The van der Waals surface area contributed by atoms with E-state index in [9.17, 15) is 13.6 Å². The topological polar surface area (TPSA) is 41.6 Å². The van der Waals surface area contributed by atoms with E-state index in [2.05, 4.69) is 10.1 Å². The van der Waals surface area contributed by atoms with E-state index in [1.807, 2.05) is 0 Å². The van der Waals surface area contributed by atoms with Gasteiger partial charge in [0.2, 0.25) is 5.91 Å². The first kappa shape index (κ1) is 14.2. The van der Waals surface area contributed by atoms with E-state index in [1.54, 1.807) is 19.0 Å². The zero-order chi connectivity index (χ0) is 11.7. The van der Waals surface area contributed by atoms with E-state index >= 15 is 0 Å². The monoisotopic (exact) mass is 224 g/mol. The van der Waals surface area contributed by atoms with Crippen LogP contribution in [0.2, 0.25) is 0 Å². The van der Waals surface area contributed by atoms with Crippen molar-refractivity contribution in [3.8, 4) is 0 Å². The standard InChI is InChI=1S/C9H18F2N2O2/c1-12-4-5-13(2)9(14)3-6-15-7-8(10)11/h8,12H,3-7H2,1-2H3. The van der Waals surface area contributed by atoms with Gasteiger partial charge in [0.1, 0.15) is 6.61 Å². The van der Waals surface area contributed by atoms with Crippen molar-refractivity contribution in [3.63, 3.8) is 0 Å². The molecule has 0 heterocycles. The van der Waals surface area contributed by atoms with Crippen LogP contribution in [0, 0.1) is 0 Å². The Morgan fingerprint density at radius 1 is 1.53 bits per heavy atom. The normalized spacial score (nSPS) is 10.7. The fourth-order valence-corrected chi connectivity index (χ4v) is 0.927. The minimum absolute atomic E-state index is 0.0487. The molecule has 0 aromatic heterocycles. The zero-order valence-electron chi connectivity index (χ0n) is 9.13. The lowest BCUT2D eigenvalue weighted by Gasteiger charge is -2.16. The molecule has 1 amide bonds. The van der Waals surface area contributed by atoms with Gasteiger partial charge in [-0.3, -0.25) is 4.79 Å². The molecule has 0 fully saturated rings. The number of nitrogens with one attached hydrogen (secondary N) is 1. The maximum Gasteiger partial charge on any atom is 0.261 e. The number of carbonyl (C=O) groups excluding carboxylic acids is 1. The van der Waals surface area contributed by atoms with Gasteiger partial charge in [-0.25, -0.2) is 8.78 Å². The third-order valence-corrected chi connectivity index (χ3v) is 1.83. The number of halogens is 2. The number of amides is 1. The second kappa shape index (κ2) is 8.55. The molecular formula is C9H18F2N2O2. The van der Waals surface area contributed by atoms with Crippen molar-refractivity contribution in [2.24, 2.45) is 0 Å². The summed E-state index contributed by atoms with van der Waals surface area (Å²) in [5.74, 6) is -0.0977. The Labute approximate surface area is 88.6 Å². The lowest BCUT2D eigenvalue weighted by molar-refractivity contribution is -0.131. The van der Waals surface area contributed by atoms with Crippen molar-refractivity contribution >= 4 is 5.91 Å². The molecular weight excluding hydrogens is 206 g/mol. The van der Waals surface area contributed by atoms with Crippen molar-refractivity contribution in [3.05, 3.63) is 0 Å². The number of alkyl halides is 2. The number of hydrogen-bond acceptors (Lipinski definition) is 3. The number of ether oxygens (including phenoxy) is 1. The van der Waals surface area contributed by atoms with Crippen LogP contribution in [0.1, 0.15) is 6.42 Å². The van der Waals surface area contributed by atoms with Gasteiger partial charge in [0.05, 0.1) is 13.0 Å². The van der Waals surface area contributed by atoms with Crippen molar-refractivity contribution < 1.29 is 18.3 Å². The van der Waals surface area contributed by atoms with Crippen LogP contribution < -0.4 is 5.32 Å². The first-order chi connectivity index (χ1) is 7.07. The molecule has 0 saturated carbocycles.